The van der Waals surface area contributed by atoms with Crippen LogP contribution in [0.3, 0.4) is 0 Å². The number of aromatic hydroxyl groups is 1. The molecule has 2 aromatic heterocycles. The van der Waals surface area contributed by atoms with Gasteiger partial charge in [-0.25, -0.2) is 9.97 Å². The number of phenols is 1. The van der Waals surface area contributed by atoms with Gasteiger partial charge in [0.2, 0.25) is 0 Å². The summed E-state index contributed by atoms with van der Waals surface area (Å²) < 4.78 is 0. The summed E-state index contributed by atoms with van der Waals surface area (Å²) in [7, 11) is 0. The average molecular weight is 339 g/mol. The summed E-state index contributed by atoms with van der Waals surface area (Å²) in [5.74, 6) is 0.307. The van der Waals surface area contributed by atoms with Crippen molar-refractivity contribution in [3.63, 3.8) is 0 Å². The lowest BCUT2D eigenvalue weighted by Gasteiger charge is -2.23. The van der Waals surface area contributed by atoms with Crippen LogP contribution in [-0.2, 0) is 6.42 Å². The number of thiophene rings is 1. The van der Waals surface area contributed by atoms with Crippen molar-refractivity contribution in [2.75, 3.05) is 6.54 Å². The summed E-state index contributed by atoms with van der Waals surface area (Å²) >= 11 is 1.61. The van der Waals surface area contributed by atoms with Crippen molar-refractivity contribution in [3.05, 3.63) is 41.5 Å². The van der Waals surface area contributed by atoms with E-state index in [-0.39, 0.29) is 0 Å². The topological polar surface area (TPSA) is 58.0 Å². The Kier molecular flexibility index (Phi) is 4.45. The second-order valence-electron chi connectivity index (χ2n) is 6.44. The summed E-state index contributed by atoms with van der Waals surface area (Å²) in [5.41, 5.74) is 3.03. The first-order valence-corrected chi connectivity index (χ1v) is 9.42. The van der Waals surface area contributed by atoms with Crippen LogP contribution in [0.1, 0.15) is 31.2 Å². The molecular formula is C19H21N3OS. The Morgan fingerprint density at radius 2 is 2.17 bits per heavy atom. The molecule has 1 aliphatic heterocycles. The van der Waals surface area contributed by atoms with Gasteiger partial charge in [-0.2, -0.15) is 0 Å². The first-order valence-electron chi connectivity index (χ1n) is 8.54. The van der Waals surface area contributed by atoms with E-state index in [1.54, 1.807) is 23.7 Å². The fourth-order valence-electron chi connectivity index (χ4n) is 3.49. The lowest BCUT2D eigenvalue weighted by Crippen LogP contribution is -2.34. The standard InChI is InChI=1S/C19H21N3OS/c23-16-10-13(4-5-15-3-1-2-7-20-15)9-14(11-16)18-17-6-8-24-19(17)22-12-21-18/h6,8-12,15,20,23H,1-5,7H2. The Balaban J connectivity index is 1.60. The van der Waals surface area contributed by atoms with Crippen molar-refractivity contribution in [2.45, 2.75) is 38.1 Å². The number of aryl methyl sites for hydroxylation is 1. The third-order valence-corrected chi connectivity index (χ3v) is 5.53. The molecule has 4 nitrogen and oxygen atoms in total. The molecule has 0 saturated carbocycles. The minimum atomic E-state index is 0.307. The maximum absolute atomic E-state index is 10.2. The molecule has 0 radical (unpaired) electrons. The van der Waals surface area contributed by atoms with Gasteiger partial charge in [0, 0.05) is 17.0 Å². The molecular weight excluding hydrogens is 318 g/mol. The van der Waals surface area contributed by atoms with E-state index >= 15 is 0 Å². The van der Waals surface area contributed by atoms with Crippen molar-refractivity contribution in [2.24, 2.45) is 0 Å². The molecule has 0 aliphatic carbocycles. The minimum Gasteiger partial charge on any atom is -0.508 e. The molecule has 1 aliphatic rings. The van der Waals surface area contributed by atoms with Gasteiger partial charge in [-0.05, 0) is 67.4 Å². The lowest BCUT2D eigenvalue weighted by molar-refractivity contribution is 0.382. The van der Waals surface area contributed by atoms with Gasteiger partial charge in [-0.3, -0.25) is 0 Å². The van der Waals surface area contributed by atoms with E-state index in [4.69, 9.17) is 0 Å². The highest BCUT2D eigenvalue weighted by Gasteiger charge is 2.14. The predicted octanol–water partition coefficient (Wildman–Crippen LogP) is 4.14. The fourth-order valence-corrected chi connectivity index (χ4v) is 4.22. The Labute approximate surface area is 145 Å². The number of phenolic OH excluding ortho intramolecular Hbond substituents is 1. The molecule has 4 rings (SSSR count). The van der Waals surface area contributed by atoms with Crippen LogP contribution in [0.4, 0.5) is 0 Å². The molecule has 2 N–H and O–H groups in total. The van der Waals surface area contributed by atoms with Gasteiger partial charge in [0.25, 0.3) is 0 Å². The zero-order chi connectivity index (χ0) is 16.4. The van der Waals surface area contributed by atoms with Crippen molar-refractivity contribution >= 4 is 21.6 Å². The Bertz CT molecular complexity index is 839. The molecule has 3 heterocycles. The second-order valence-corrected chi connectivity index (χ2v) is 7.33. The van der Waals surface area contributed by atoms with E-state index in [1.165, 1.54) is 24.8 Å². The van der Waals surface area contributed by atoms with Crippen molar-refractivity contribution in [1.82, 2.24) is 15.3 Å². The van der Waals surface area contributed by atoms with E-state index in [1.807, 2.05) is 17.5 Å². The maximum atomic E-state index is 10.2. The average Bonchev–Trinajstić information content (AvgIpc) is 3.09. The number of nitrogens with one attached hydrogen (secondary N) is 1. The van der Waals surface area contributed by atoms with E-state index < -0.39 is 0 Å². The molecule has 124 valence electrons. The normalized spacial score (nSPS) is 18.1. The molecule has 1 fully saturated rings. The van der Waals surface area contributed by atoms with Gasteiger partial charge in [0.1, 0.15) is 16.9 Å². The molecule has 1 aromatic carbocycles. The van der Waals surface area contributed by atoms with E-state index in [0.29, 0.717) is 11.8 Å². The highest BCUT2D eigenvalue weighted by molar-refractivity contribution is 7.16. The lowest BCUT2D eigenvalue weighted by atomic mass is 9.96. The highest BCUT2D eigenvalue weighted by Crippen LogP contribution is 2.31. The fraction of sp³-hybridized carbons (Fsp3) is 0.368. The first kappa shape index (κ1) is 15.5. The number of aromatic nitrogens is 2. The van der Waals surface area contributed by atoms with Gasteiger partial charge in [-0.15, -0.1) is 11.3 Å². The quantitative estimate of drug-likeness (QED) is 0.750. The molecule has 0 amide bonds. The second kappa shape index (κ2) is 6.87. The van der Waals surface area contributed by atoms with Crippen LogP contribution in [0.25, 0.3) is 21.5 Å². The zero-order valence-electron chi connectivity index (χ0n) is 13.5. The predicted molar refractivity (Wildman–Crippen MR) is 98.5 cm³/mol. The highest BCUT2D eigenvalue weighted by atomic mass is 32.1. The first-order chi connectivity index (χ1) is 11.8. The number of nitrogens with zero attached hydrogens (tertiary/aromatic N) is 2. The van der Waals surface area contributed by atoms with Crippen LogP contribution >= 0.6 is 11.3 Å². The van der Waals surface area contributed by atoms with Crippen molar-refractivity contribution < 1.29 is 5.11 Å². The van der Waals surface area contributed by atoms with Gasteiger partial charge in [0.05, 0.1) is 5.69 Å². The summed E-state index contributed by atoms with van der Waals surface area (Å²) in [6.45, 7) is 1.13. The van der Waals surface area contributed by atoms with E-state index in [9.17, 15) is 5.11 Å². The number of hydrogen-bond acceptors (Lipinski definition) is 5. The van der Waals surface area contributed by atoms with Gasteiger partial charge >= 0.3 is 0 Å². The van der Waals surface area contributed by atoms with Crippen molar-refractivity contribution in [3.8, 4) is 17.0 Å². The SMILES string of the molecule is Oc1cc(CCC2CCCCN2)cc(-c2ncnc3sccc23)c1. The third kappa shape index (κ3) is 3.28. The van der Waals surface area contributed by atoms with E-state index in [2.05, 4.69) is 21.4 Å². The molecule has 1 saturated heterocycles. The van der Waals surface area contributed by atoms with Crippen LogP contribution < -0.4 is 5.32 Å². The summed E-state index contributed by atoms with van der Waals surface area (Å²) in [6, 6.07) is 8.47. The summed E-state index contributed by atoms with van der Waals surface area (Å²) in [5, 5.41) is 16.8. The number of benzene rings is 1. The van der Waals surface area contributed by atoms with Crippen LogP contribution in [0.5, 0.6) is 5.75 Å². The van der Waals surface area contributed by atoms with Crippen LogP contribution in [0.15, 0.2) is 36.0 Å². The Morgan fingerprint density at radius 3 is 3.04 bits per heavy atom. The summed E-state index contributed by atoms with van der Waals surface area (Å²) in [4.78, 5) is 9.74. The van der Waals surface area contributed by atoms with Crippen LogP contribution in [0, 0.1) is 0 Å². The minimum absolute atomic E-state index is 0.307. The van der Waals surface area contributed by atoms with Gasteiger partial charge < -0.3 is 10.4 Å². The molecule has 3 aromatic rings. The van der Waals surface area contributed by atoms with Crippen molar-refractivity contribution in [1.29, 1.82) is 0 Å². The molecule has 0 spiro atoms. The number of hydrogen-bond donors (Lipinski definition) is 2. The number of fused-ring (bicyclic) bond motifs is 1. The molecule has 1 unspecified atom stereocenters. The zero-order valence-corrected chi connectivity index (χ0v) is 14.4. The molecule has 24 heavy (non-hydrogen) atoms. The molecule has 5 heteroatoms. The Morgan fingerprint density at radius 1 is 1.21 bits per heavy atom. The van der Waals surface area contributed by atoms with Crippen LogP contribution in [0.2, 0.25) is 0 Å². The van der Waals surface area contributed by atoms with Gasteiger partial charge in [0.15, 0.2) is 0 Å². The van der Waals surface area contributed by atoms with E-state index in [0.717, 1.165) is 40.9 Å². The monoisotopic (exact) mass is 339 g/mol. The number of rotatable bonds is 4. The largest absolute Gasteiger partial charge is 0.508 e. The van der Waals surface area contributed by atoms with Gasteiger partial charge in [-0.1, -0.05) is 6.42 Å². The number of piperidine rings is 1. The third-order valence-electron chi connectivity index (χ3n) is 4.71. The summed E-state index contributed by atoms with van der Waals surface area (Å²) in [6.07, 6.45) is 7.55. The maximum Gasteiger partial charge on any atom is 0.127 e. The molecule has 0 bridgehead atoms. The molecule has 1 atom stereocenters. The van der Waals surface area contributed by atoms with Crippen LogP contribution in [-0.4, -0.2) is 27.7 Å². The Hall–Kier alpha value is -1.98. The smallest absolute Gasteiger partial charge is 0.127 e.